The molecule has 5 nitrogen and oxygen atoms in total. The Labute approximate surface area is 174 Å². The van der Waals surface area contributed by atoms with Crippen molar-refractivity contribution in [3.05, 3.63) is 59.7 Å². The molecule has 158 valence electrons. The summed E-state index contributed by atoms with van der Waals surface area (Å²) >= 11 is 0. The van der Waals surface area contributed by atoms with Crippen molar-refractivity contribution in [2.24, 2.45) is 0 Å². The number of ether oxygens (including phenoxy) is 2. The number of piperazine rings is 1. The van der Waals surface area contributed by atoms with E-state index >= 15 is 0 Å². The number of rotatable bonds is 10. The molecule has 1 fully saturated rings. The molecule has 1 heterocycles. The van der Waals surface area contributed by atoms with Crippen LogP contribution < -0.4 is 9.47 Å². The number of nitrogens with zero attached hydrogens (tertiary/aromatic N) is 2. The summed E-state index contributed by atoms with van der Waals surface area (Å²) in [5.41, 5.74) is 2.56. The van der Waals surface area contributed by atoms with E-state index in [1.165, 1.54) is 11.1 Å². The molecule has 1 aliphatic heterocycles. The van der Waals surface area contributed by atoms with E-state index in [2.05, 4.69) is 40.1 Å². The first-order valence-electron chi connectivity index (χ1n) is 10.7. The number of hydrogen-bond donors (Lipinski definition) is 1. The lowest BCUT2D eigenvalue weighted by molar-refractivity contribution is 0.0499. The van der Waals surface area contributed by atoms with Gasteiger partial charge in [0.2, 0.25) is 0 Å². The van der Waals surface area contributed by atoms with Crippen molar-refractivity contribution in [1.29, 1.82) is 0 Å². The Balaban J connectivity index is 1.59. The van der Waals surface area contributed by atoms with E-state index in [4.69, 9.17) is 9.47 Å². The van der Waals surface area contributed by atoms with Gasteiger partial charge in [0.05, 0.1) is 13.2 Å². The van der Waals surface area contributed by atoms with Crippen molar-refractivity contribution in [2.45, 2.75) is 39.4 Å². The van der Waals surface area contributed by atoms with Gasteiger partial charge in [-0.3, -0.25) is 9.80 Å². The molecule has 0 spiro atoms. The van der Waals surface area contributed by atoms with Crippen LogP contribution >= 0.6 is 0 Å². The summed E-state index contributed by atoms with van der Waals surface area (Å²) in [5.74, 6) is 1.85. The maximum atomic E-state index is 9.59. The number of aliphatic hydroxyl groups is 1. The van der Waals surface area contributed by atoms with E-state index in [0.29, 0.717) is 19.3 Å². The molecule has 0 aromatic heterocycles. The maximum Gasteiger partial charge on any atom is 0.119 e. The Hall–Kier alpha value is -2.08. The van der Waals surface area contributed by atoms with Crippen molar-refractivity contribution < 1.29 is 14.6 Å². The fourth-order valence-electron chi connectivity index (χ4n) is 3.98. The molecule has 0 radical (unpaired) electrons. The molecule has 1 unspecified atom stereocenters. The molecule has 3 rings (SSSR count). The highest BCUT2D eigenvalue weighted by atomic mass is 16.5. The predicted octanol–water partition coefficient (Wildman–Crippen LogP) is 3.55. The average Bonchev–Trinajstić information content (AvgIpc) is 2.72. The zero-order valence-electron chi connectivity index (χ0n) is 17.7. The molecule has 1 aliphatic rings. The van der Waals surface area contributed by atoms with Crippen molar-refractivity contribution >= 4 is 0 Å². The summed E-state index contributed by atoms with van der Waals surface area (Å²) < 4.78 is 11.2. The van der Waals surface area contributed by atoms with Crippen LogP contribution in [-0.2, 0) is 13.1 Å². The quantitative estimate of drug-likeness (QED) is 0.663. The van der Waals surface area contributed by atoms with Gasteiger partial charge < -0.3 is 14.6 Å². The maximum absolute atomic E-state index is 9.59. The number of aliphatic hydroxyl groups excluding tert-OH is 1. The minimum Gasteiger partial charge on any atom is -0.494 e. The minimum atomic E-state index is 0.220. The van der Waals surface area contributed by atoms with E-state index in [0.717, 1.165) is 50.6 Å². The molecule has 0 amide bonds. The summed E-state index contributed by atoms with van der Waals surface area (Å²) in [6.45, 7) is 10.4. The van der Waals surface area contributed by atoms with Crippen LogP contribution in [0.4, 0.5) is 0 Å². The lowest BCUT2D eigenvalue weighted by atomic mass is 10.1. The Morgan fingerprint density at radius 3 is 2.38 bits per heavy atom. The van der Waals surface area contributed by atoms with Gasteiger partial charge in [-0.15, -0.1) is 0 Å². The highest BCUT2D eigenvalue weighted by Gasteiger charge is 2.26. The lowest BCUT2D eigenvalue weighted by Gasteiger charge is -2.41. The second-order valence-corrected chi connectivity index (χ2v) is 7.53. The van der Waals surface area contributed by atoms with E-state index in [-0.39, 0.29) is 6.61 Å². The third-order valence-electron chi connectivity index (χ3n) is 5.39. The predicted molar refractivity (Wildman–Crippen MR) is 116 cm³/mol. The van der Waals surface area contributed by atoms with Gasteiger partial charge in [0.25, 0.3) is 0 Å². The van der Waals surface area contributed by atoms with Crippen molar-refractivity contribution in [2.75, 3.05) is 39.5 Å². The van der Waals surface area contributed by atoms with E-state index in [9.17, 15) is 5.11 Å². The molecule has 29 heavy (non-hydrogen) atoms. The van der Waals surface area contributed by atoms with Crippen LogP contribution in [-0.4, -0.2) is 60.4 Å². The van der Waals surface area contributed by atoms with Crippen molar-refractivity contribution in [3.8, 4) is 11.5 Å². The third-order valence-corrected chi connectivity index (χ3v) is 5.39. The fourth-order valence-corrected chi connectivity index (χ4v) is 3.98. The first kappa shape index (κ1) is 21.6. The largest absolute Gasteiger partial charge is 0.494 e. The van der Waals surface area contributed by atoms with Gasteiger partial charge in [-0.25, -0.2) is 0 Å². The van der Waals surface area contributed by atoms with E-state index in [1.54, 1.807) is 0 Å². The van der Waals surface area contributed by atoms with Gasteiger partial charge >= 0.3 is 0 Å². The Morgan fingerprint density at radius 2 is 1.66 bits per heavy atom. The zero-order chi connectivity index (χ0) is 20.5. The highest BCUT2D eigenvalue weighted by molar-refractivity contribution is 5.29. The van der Waals surface area contributed by atoms with Crippen LogP contribution in [0.2, 0.25) is 0 Å². The second kappa shape index (κ2) is 11.2. The standard InChI is InChI=1S/C24H34N2O3/c1-3-28-23-10-8-20(9-11-23)18-26-14-13-25(19-22(26)12-15-27)17-21-6-5-7-24(16-21)29-4-2/h5-11,16,22,27H,3-4,12-15,17-19H2,1-2H3. The SMILES string of the molecule is CCOc1ccc(CN2CCN(Cc3cccc(OCC)c3)CC2CCO)cc1. The molecule has 1 atom stereocenters. The molecular formula is C24H34N2O3. The molecule has 2 aromatic rings. The molecule has 5 heteroatoms. The molecule has 2 aromatic carbocycles. The molecular weight excluding hydrogens is 364 g/mol. The van der Waals surface area contributed by atoms with Crippen molar-refractivity contribution in [3.63, 3.8) is 0 Å². The molecule has 0 saturated carbocycles. The summed E-state index contributed by atoms with van der Waals surface area (Å²) in [5, 5.41) is 9.59. The van der Waals surface area contributed by atoms with Gasteiger partial charge in [0.15, 0.2) is 0 Å². The van der Waals surface area contributed by atoms with Gasteiger partial charge in [-0.1, -0.05) is 24.3 Å². The molecule has 1 N–H and O–H groups in total. The molecule has 0 bridgehead atoms. The van der Waals surface area contributed by atoms with Crippen LogP contribution in [0, 0.1) is 0 Å². The first-order valence-corrected chi connectivity index (χ1v) is 10.7. The van der Waals surface area contributed by atoms with Gasteiger partial charge in [-0.05, 0) is 55.7 Å². The molecule has 1 saturated heterocycles. The lowest BCUT2D eigenvalue weighted by Crippen LogP contribution is -2.52. The fraction of sp³-hybridized carbons (Fsp3) is 0.500. The van der Waals surface area contributed by atoms with E-state index < -0.39 is 0 Å². The van der Waals surface area contributed by atoms with Crippen LogP contribution in [0.5, 0.6) is 11.5 Å². The smallest absolute Gasteiger partial charge is 0.119 e. The van der Waals surface area contributed by atoms with Crippen molar-refractivity contribution in [1.82, 2.24) is 9.80 Å². The van der Waals surface area contributed by atoms with Crippen LogP contribution in [0.25, 0.3) is 0 Å². The number of hydrogen-bond acceptors (Lipinski definition) is 5. The van der Waals surface area contributed by atoms with Crippen LogP contribution in [0.15, 0.2) is 48.5 Å². The van der Waals surface area contributed by atoms with Crippen LogP contribution in [0.1, 0.15) is 31.4 Å². The summed E-state index contributed by atoms with van der Waals surface area (Å²) in [6.07, 6.45) is 0.798. The second-order valence-electron chi connectivity index (χ2n) is 7.53. The Bertz CT molecular complexity index is 735. The normalized spacial score (nSPS) is 18.0. The summed E-state index contributed by atoms with van der Waals surface area (Å²) in [4.78, 5) is 4.99. The zero-order valence-corrected chi connectivity index (χ0v) is 17.7. The van der Waals surface area contributed by atoms with Gasteiger partial charge in [0, 0.05) is 45.4 Å². The summed E-state index contributed by atoms with van der Waals surface area (Å²) in [6, 6.07) is 17.1. The number of benzene rings is 2. The Kier molecular flexibility index (Phi) is 8.35. The van der Waals surface area contributed by atoms with Crippen LogP contribution in [0.3, 0.4) is 0 Å². The van der Waals surface area contributed by atoms with Gasteiger partial charge in [0.1, 0.15) is 11.5 Å². The monoisotopic (exact) mass is 398 g/mol. The molecule has 0 aliphatic carbocycles. The topological polar surface area (TPSA) is 45.2 Å². The van der Waals surface area contributed by atoms with Gasteiger partial charge in [-0.2, -0.15) is 0 Å². The van der Waals surface area contributed by atoms with E-state index in [1.807, 2.05) is 32.0 Å². The summed E-state index contributed by atoms with van der Waals surface area (Å²) in [7, 11) is 0. The minimum absolute atomic E-state index is 0.220. The average molecular weight is 399 g/mol. The first-order chi connectivity index (χ1) is 14.2. The highest BCUT2D eigenvalue weighted by Crippen LogP contribution is 2.21. The Morgan fingerprint density at radius 1 is 0.897 bits per heavy atom. The third kappa shape index (κ3) is 6.46.